The molecule has 0 aliphatic rings. The Kier molecular flexibility index (Phi) is 4.45. The number of aromatic nitrogens is 2. The molecule has 0 amide bonds. The Morgan fingerprint density at radius 1 is 1.45 bits per heavy atom. The Hall–Kier alpha value is -2.24. The summed E-state index contributed by atoms with van der Waals surface area (Å²) < 4.78 is 19.0. The van der Waals surface area contributed by atoms with Gasteiger partial charge in [0.1, 0.15) is 0 Å². The van der Waals surface area contributed by atoms with Gasteiger partial charge in [0, 0.05) is 29.9 Å². The average Bonchev–Trinajstić information content (AvgIpc) is 2.82. The summed E-state index contributed by atoms with van der Waals surface area (Å²) in [5, 5.41) is 9.98. The lowest BCUT2D eigenvalue weighted by molar-refractivity contribution is 0.301. The Labute approximate surface area is 117 Å². The third-order valence-electron chi connectivity index (χ3n) is 2.97. The van der Waals surface area contributed by atoms with Gasteiger partial charge < -0.3 is 15.8 Å². The first-order chi connectivity index (χ1) is 9.61. The number of aromatic amines is 1. The van der Waals surface area contributed by atoms with Crippen LogP contribution in [0.25, 0.3) is 0 Å². The maximum atomic E-state index is 13.7. The number of halogens is 1. The highest BCUT2D eigenvalue weighted by Crippen LogP contribution is 2.28. The molecule has 1 aromatic heterocycles. The van der Waals surface area contributed by atoms with E-state index in [9.17, 15) is 4.39 Å². The topological polar surface area (TPSA) is 76.0 Å². The number of benzene rings is 1. The number of nitrogen functional groups attached to an aromatic ring is 1. The van der Waals surface area contributed by atoms with Gasteiger partial charge in [0.2, 0.25) is 0 Å². The first-order valence-corrected chi connectivity index (χ1v) is 6.56. The monoisotopic (exact) mass is 278 g/mol. The third kappa shape index (κ3) is 3.20. The lowest BCUT2D eigenvalue weighted by Gasteiger charge is -2.12. The van der Waals surface area contributed by atoms with Gasteiger partial charge in [0.25, 0.3) is 0 Å². The number of nitrogens with zero attached hydrogens (tertiary/aromatic N) is 1. The second-order valence-electron chi connectivity index (χ2n) is 4.59. The molecule has 0 unspecified atom stereocenters. The summed E-state index contributed by atoms with van der Waals surface area (Å²) in [6, 6.07) is 2.87. The third-order valence-corrected chi connectivity index (χ3v) is 2.97. The molecule has 2 aromatic rings. The molecule has 20 heavy (non-hydrogen) atoms. The SMILES string of the molecule is CCCOc1cc(NCc2cn[nH]c2C)c(N)cc1F. The standard InChI is InChI=1S/C14H19FN4O/c1-3-4-20-14-6-13(12(16)5-11(14)15)17-7-10-8-18-19-9(10)2/h5-6,8,17H,3-4,7,16H2,1-2H3,(H,18,19). The van der Waals surface area contributed by atoms with Gasteiger partial charge in [-0.15, -0.1) is 0 Å². The molecule has 0 atom stereocenters. The van der Waals surface area contributed by atoms with Gasteiger partial charge in [-0.05, 0) is 13.3 Å². The predicted octanol–water partition coefficient (Wildman–Crippen LogP) is 2.84. The second-order valence-corrected chi connectivity index (χ2v) is 4.59. The summed E-state index contributed by atoms with van der Waals surface area (Å²) in [5.74, 6) is -0.228. The highest BCUT2D eigenvalue weighted by atomic mass is 19.1. The van der Waals surface area contributed by atoms with Crippen LogP contribution in [0.4, 0.5) is 15.8 Å². The van der Waals surface area contributed by atoms with Crippen LogP contribution in [0.2, 0.25) is 0 Å². The number of nitrogens with one attached hydrogen (secondary N) is 2. The van der Waals surface area contributed by atoms with Crippen LogP contribution in [0.3, 0.4) is 0 Å². The molecule has 4 N–H and O–H groups in total. The molecule has 108 valence electrons. The zero-order chi connectivity index (χ0) is 14.5. The van der Waals surface area contributed by atoms with E-state index < -0.39 is 5.82 Å². The number of nitrogens with two attached hydrogens (primary N) is 1. The fraction of sp³-hybridized carbons (Fsp3) is 0.357. The minimum Gasteiger partial charge on any atom is -0.490 e. The van der Waals surface area contributed by atoms with Crippen molar-refractivity contribution in [3.63, 3.8) is 0 Å². The van der Waals surface area contributed by atoms with Gasteiger partial charge in [-0.25, -0.2) is 4.39 Å². The number of aryl methyl sites for hydroxylation is 1. The molecule has 0 bridgehead atoms. The molecule has 6 heteroatoms. The molecular weight excluding hydrogens is 259 g/mol. The van der Waals surface area contributed by atoms with Crippen LogP contribution in [0.1, 0.15) is 24.6 Å². The van der Waals surface area contributed by atoms with Crippen LogP contribution in [0.5, 0.6) is 5.75 Å². The Morgan fingerprint density at radius 3 is 2.90 bits per heavy atom. The van der Waals surface area contributed by atoms with Crippen molar-refractivity contribution >= 4 is 11.4 Å². The Balaban J connectivity index is 2.12. The molecule has 5 nitrogen and oxygen atoms in total. The number of anilines is 2. The van der Waals surface area contributed by atoms with E-state index in [2.05, 4.69) is 15.5 Å². The molecule has 0 fully saturated rings. The van der Waals surface area contributed by atoms with E-state index in [1.54, 1.807) is 12.3 Å². The maximum absolute atomic E-state index is 13.7. The summed E-state index contributed by atoms with van der Waals surface area (Å²) in [7, 11) is 0. The van der Waals surface area contributed by atoms with Crippen molar-refractivity contribution < 1.29 is 9.13 Å². The normalized spacial score (nSPS) is 10.6. The van der Waals surface area contributed by atoms with E-state index in [0.717, 1.165) is 17.7 Å². The number of ether oxygens (including phenoxy) is 1. The van der Waals surface area contributed by atoms with Crippen molar-refractivity contribution in [2.24, 2.45) is 0 Å². The van der Waals surface area contributed by atoms with Crippen LogP contribution in [0, 0.1) is 12.7 Å². The van der Waals surface area contributed by atoms with Crippen LogP contribution in [-0.2, 0) is 6.54 Å². The molecule has 1 heterocycles. The highest BCUT2D eigenvalue weighted by molar-refractivity contribution is 5.68. The van der Waals surface area contributed by atoms with Crippen molar-refractivity contribution in [2.45, 2.75) is 26.8 Å². The summed E-state index contributed by atoms with van der Waals surface area (Å²) in [4.78, 5) is 0. The van der Waals surface area contributed by atoms with E-state index in [-0.39, 0.29) is 5.75 Å². The van der Waals surface area contributed by atoms with Gasteiger partial charge >= 0.3 is 0 Å². The van der Waals surface area contributed by atoms with Crippen LogP contribution < -0.4 is 15.8 Å². The van der Waals surface area contributed by atoms with Gasteiger partial charge in [-0.2, -0.15) is 5.10 Å². The van der Waals surface area contributed by atoms with Gasteiger partial charge in [0.15, 0.2) is 11.6 Å². The smallest absolute Gasteiger partial charge is 0.167 e. The molecule has 0 saturated heterocycles. The summed E-state index contributed by atoms with van der Waals surface area (Å²) >= 11 is 0. The fourth-order valence-electron chi connectivity index (χ4n) is 1.79. The highest BCUT2D eigenvalue weighted by Gasteiger charge is 2.09. The number of H-pyrrole nitrogens is 1. The van der Waals surface area contributed by atoms with Gasteiger partial charge in [-0.1, -0.05) is 6.92 Å². The zero-order valence-electron chi connectivity index (χ0n) is 11.7. The van der Waals surface area contributed by atoms with E-state index in [0.29, 0.717) is 24.5 Å². The average molecular weight is 278 g/mol. The lowest BCUT2D eigenvalue weighted by Crippen LogP contribution is -2.05. The lowest BCUT2D eigenvalue weighted by atomic mass is 10.2. The number of rotatable bonds is 6. The van der Waals surface area contributed by atoms with Crippen molar-refractivity contribution in [2.75, 3.05) is 17.7 Å². The molecule has 0 aliphatic heterocycles. The van der Waals surface area contributed by atoms with Crippen LogP contribution in [0.15, 0.2) is 18.3 Å². The molecule has 1 aromatic carbocycles. The minimum atomic E-state index is -0.444. The second kappa shape index (κ2) is 6.27. The molecule has 0 spiro atoms. The Morgan fingerprint density at radius 2 is 2.25 bits per heavy atom. The molecule has 2 rings (SSSR count). The quantitative estimate of drug-likeness (QED) is 0.710. The molecule has 0 aliphatic carbocycles. The predicted molar refractivity (Wildman–Crippen MR) is 77.2 cm³/mol. The first kappa shape index (κ1) is 14.2. The van der Waals surface area contributed by atoms with Gasteiger partial charge in [-0.3, -0.25) is 5.10 Å². The minimum absolute atomic E-state index is 0.215. The largest absolute Gasteiger partial charge is 0.490 e. The van der Waals surface area contributed by atoms with E-state index >= 15 is 0 Å². The maximum Gasteiger partial charge on any atom is 0.167 e. The molecular formula is C14H19FN4O. The van der Waals surface area contributed by atoms with Crippen molar-refractivity contribution in [1.29, 1.82) is 0 Å². The van der Waals surface area contributed by atoms with Crippen molar-refractivity contribution in [3.8, 4) is 5.75 Å². The Bertz CT molecular complexity index is 583. The van der Waals surface area contributed by atoms with Crippen molar-refractivity contribution in [1.82, 2.24) is 10.2 Å². The van der Waals surface area contributed by atoms with E-state index in [1.165, 1.54) is 6.07 Å². The molecule has 0 saturated carbocycles. The van der Waals surface area contributed by atoms with E-state index in [1.807, 2.05) is 13.8 Å². The zero-order valence-corrected chi connectivity index (χ0v) is 11.7. The van der Waals surface area contributed by atoms with Crippen molar-refractivity contribution in [3.05, 3.63) is 35.4 Å². The first-order valence-electron chi connectivity index (χ1n) is 6.56. The summed E-state index contributed by atoms with van der Waals surface area (Å²) in [5.41, 5.74) is 8.84. The van der Waals surface area contributed by atoms with Gasteiger partial charge in [0.05, 0.1) is 24.2 Å². The fourth-order valence-corrected chi connectivity index (χ4v) is 1.79. The number of hydrogen-bond acceptors (Lipinski definition) is 4. The summed E-state index contributed by atoms with van der Waals surface area (Å²) in [6.45, 7) is 4.94. The van der Waals surface area contributed by atoms with Crippen LogP contribution in [-0.4, -0.2) is 16.8 Å². The number of hydrogen-bond donors (Lipinski definition) is 3. The van der Waals surface area contributed by atoms with E-state index in [4.69, 9.17) is 10.5 Å². The summed E-state index contributed by atoms with van der Waals surface area (Å²) in [6.07, 6.45) is 2.57. The van der Waals surface area contributed by atoms with Crippen LogP contribution >= 0.6 is 0 Å². The molecule has 0 radical (unpaired) electrons.